The number of carbonyl (C=O) groups is 1. The van der Waals surface area contributed by atoms with Gasteiger partial charge in [0.15, 0.2) is 0 Å². The highest BCUT2D eigenvalue weighted by Gasteiger charge is 2.65. The summed E-state index contributed by atoms with van der Waals surface area (Å²) in [4.78, 5) is 11.8. The van der Waals surface area contributed by atoms with E-state index >= 15 is 0 Å². The molecule has 22 heavy (non-hydrogen) atoms. The number of hydrogen-bond donors (Lipinski definition) is 3. The highest BCUT2D eigenvalue weighted by Crippen LogP contribution is 2.59. The normalized spacial score (nSPS) is 37.2. The molecule has 1 unspecified atom stereocenters. The van der Waals surface area contributed by atoms with E-state index in [9.17, 15) is 15.0 Å². The zero-order valence-electron chi connectivity index (χ0n) is 13.1. The Bertz CT molecular complexity index is 549. The number of aliphatic hydroxyl groups is 1. The molecule has 1 aromatic rings. The third kappa shape index (κ3) is 2.25. The molecule has 4 rings (SSSR count). The van der Waals surface area contributed by atoms with E-state index in [-0.39, 0.29) is 5.54 Å². The van der Waals surface area contributed by atoms with Crippen LogP contribution >= 0.6 is 0 Å². The van der Waals surface area contributed by atoms with Gasteiger partial charge in [0.25, 0.3) is 0 Å². The predicted molar refractivity (Wildman–Crippen MR) is 84.4 cm³/mol. The standard InChI is InChI=1S/C18H25NO3/c1-2-18(22)13-16(19-12-14-6-4-3-5-7-14)8-10-17(18,11-9-16)15(20)21/h3-7,19,22H,2,8-13H2,1H3,(H,20,21). The average Bonchev–Trinajstić information content (AvgIpc) is 2.55. The Morgan fingerprint density at radius 1 is 1.18 bits per heavy atom. The summed E-state index contributed by atoms with van der Waals surface area (Å²) in [5.41, 5.74) is -0.952. The van der Waals surface area contributed by atoms with Crippen LogP contribution in [0, 0.1) is 5.41 Å². The van der Waals surface area contributed by atoms with Gasteiger partial charge in [-0.15, -0.1) is 0 Å². The minimum absolute atomic E-state index is 0.127. The number of carboxylic acids is 1. The first-order valence-corrected chi connectivity index (χ1v) is 8.20. The average molecular weight is 303 g/mol. The molecule has 0 heterocycles. The molecule has 3 N–H and O–H groups in total. The number of fused-ring (bicyclic) bond motifs is 3. The van der Waals surface area contributed by atoms with E-state index in [1.807, 2.05) is 25.1 Å². The van der Waals surface area contributed by atoms with Gasteiger partial charge in [-0.3, -0.25) is 4.79 Å². The van der Waals surface area contributed by atoms with Crippen LogP contribution in [0.4, 0.5) is 0 Å². The van der Waals surface area contributed by atoms with Crippen LogP contribution < -0.4 is 5.32 Å². The third-order valence-corrected chi connectivity index (χ3v) is 6.09. The molecule has 0 spiro atoms. The molecule has 120 valence electrons. The summed E-state index contributed by atoms with van der Waals surface area (Å²) in [6, 6.07) is 10.2. The second-order valence-corrected chi connectivity index (χ2v) is 7.07. The van der Waals surface area contributed by atoms with Crippen LogP contribution in [0.15, 0.2) is 30.3 Å². The van der Waals surface area contributed by atoms with E-state index in [4.69, 9.17) is 0 Å². The minimum atomic E-state index is -1.10. The van der Waals surface area contributed by atoms with Gasteiger partial charge in [0, 0.05) is 12.1 Å². The molecule has 0 aliphatic heterocycles. The van der Waals surface area contributed by atoms with Gasteiger partial charge in [-0.05, 0) is 44.1 Å². The van der Waals surface area contributed by atoms with Gasteiger partial charge in [0.1, 0.15) is 0 Å². The fourth-order valence-corrected chi connectivity index (χ4v) is 4.53. The number of aliphatic carboxylic acids is 1. The van der Waals surface area contributed by atoms with Crippen molar-refractivity contribution < 1.29 is 15.0 Å². The number of hydrogen-bond acceptors (Lipinski definition) is 3. The van der Waals surface area contributed by atoms with E-state index in [2.05, 4.69) is 17.4 Å². The van der Waals surface area contributed by atoms with E-state index in [0.29, 0.717) is 25.7 Å². The molecule has 3 saturated carbocycles. The summed E-state index contributed by atoms with van der Waals surface area (Å²) in [6.07, 6.45) is 3.81. The van der Waals surface area contributed by atoms with Crippen molar-refractivity contribution in [1.29, 1.82) is 0 Å². The Hall–Kier alpha value is -1.39. The summed E-state index contributed by atoms with van der Waals surface area (Å²) in [5, 5.41) is 24.4. The van der Waals surface area contributed by atoms with Gasteiger partial charge in [0.05, 0.1) is 11.0 Å². The van der Waals surface area contributed by atoms with Crippen LogP contribution in [-0.2, 0) is 11.3 Å². The van der Waals surface area contributed by atoms with Crippen molar-refractivity contribution in [2.24, 2.45) is 5.41 Å². The third-order valence-electron chi connectivity index (χ3n) is 6.09. The Labute approximate surface area is 131 Å². The molecular formula is C18H25NO3. The lowest BCUT2D eigenvalue weighted by Gasteiger charge is -2.60. The molecule has 3 aliphatic rings. The highest BCUT2D eigenvalue weighted by atomic mass is 16.4. The van der Waals surface area contributed by atoms with Gasteiger partial charge in [-0.1, -0.05) is 37.3 Å². The van der Waals surface area contributed by atoms with E-state index in [0.717, 1.165) is 19.4 Å². The zero-order chi connectivity index (χ0) is 15.8. The van der Waals surface area contributed by atoms with Crippen LogP contribution in [0.1, 0.15) is 51.0 Å². The first kappa shape index (κ1) is 15.5. The monoisotopic (exact) mass is 303 g/mol. The van der Waals surface area contributed by atoms with E-state index in [1.165, 1.54) is 5.56 Å². The van der Waals surface area contributed by atoms with Gasteiger partial charge in [-0.25, -0.2) is 0 Å². The lowest BCUT2D eigenvalue weighted by molar-refractivity contribution is -0.203. The van der Waals surface area contributed by atoms with Gasteiger partial charge in [-0.2, -0.15) is 0 Å². The molecule has 0 radical (unpaired) electrons. The largest absolute Gasteiger partial charge is 0.481 e. The van der Waals surface area contributed by atoms with Crippen molar-refractivity contribution in [1.82, 2.24) is 5.32 Å². The fraction of sp³-hybridized carbons (Fsp3) is 0.611. The van der Waals surface area contributed by atoms with Crippen LogP contribution in [0.25, 0.3) is 0 Å². The molecule has 3 aliphatic carbocycles. The maximum Gasteiger partial charge on any atom is 0.312 e. The Kier molecular flexibility index (Phi) is 3.77. The summed E-state index contributed by atoms with van der Waals surface area (Å²) in [5.74, 6) is -0.826. The molecule has 2 bridgehead atoms. The first-order chi connectivity index (χ1) is 10.5. The van der Waals surface area contributed by atoms with Crippen molar-refractivity contribution in [2.75, 3.05) is 0 Å². The van der Waals surface area contributed by atoms with Crippen LogP contribution in [0.2, 0.25) is 0 Å². The van der Waals surface area contributed by atoms with Gasteiger partial charge < -0.3 is 15.5 Å². The van der Waals surface area contributed by atoms with Crippen LogP contribution in [0.3, 0.4) is 0 Å². The summed E-state index contributed by atoms with van der Waals surface area (Å²) in [6.45, 7) is 2.66. The fourth-order valence-electron chi connectivity index (χ4n) is 4.53. The molecular weight excluding hydrogens is 278 g/mol. The maximum atomic E-state index is 11.8. The quantitative estimate of drug-likeness (QED) is 0.782. The van der Waals surface area contributed by atoms with Crippen molar-refractivity contribution in [3.05, 3.63) is 35.9 Å². The number of nitrogens with one attached hydrogen (secondary N) is 1. The van der Waals surface area contributed by atoms with E-state index < -0.39 is 17.0 Å². The van der Waals surface area contributed by atoms with Gasteiger partial charge in [0.2, 0.25) is 0 Å². The molecule has 1 aromatic carbocycles. The minimum Gasteiger partial charge on any atom is -0.481 e. The smallest absolute Gasteiger partial charge is 0.312 e. The first-order valence-electron chi connectivity index (χ1n) is 8.20. The van der Waals surface area contributed by atoms with Crippen LogP contribution in [0.5, 0.6) is 0 Å². The molecule has 4 nitrogen and oxygen atoms in total. The summed E-state index contributed by atoms with van der Waals surface area (Å²) < 4.78 is 0. The second-order valence-electron chi connectivity index (χ2n) is 7.07. The maximum absolute atomic E-state index is 11.8. The Balaban J connectivity index is 1.78. The molecule has 4 heteroatoms. The topological polar surface area (TPSA) is 69.6 Å². The van der Waals surface area contributed by atoms with Crippen LogP contribution in [-0.4, -0.2) is 27.3 Å². The summed E-state index contributed by atoms with van der Waals surface area (Å²) >= 11 is 0. The zero-order valence-corrected chi connectivity index (χ0v) is 13.1. The molecule has 0 amide bonds. The van der Waals surface area contributed by atoms with Gasteiger partial charge >= 0.3 is 5.97 Å². The lowest BCUT2D eigenvalue weighted by Crippen LogP contribution is -2.68. The Morgan fingerprint density at radius 2 is 1.82 bits per heavy atom. The second kappa shape index (κ2) is 5.36. The van der Waals surface area contributed by atoms with Crippen molar-refractivity contribution in [3.8, 4) is 0 Å². The predicted octanol–water partition coefficient (Wildman–Crippen LogP) is 2.70. The summed E-state index contributed by atoms with van der Waals surface area (Å²) in [7, 11) is 0. The number of rotatable bonds is 5. The molecule has 1 atom stereocenters. The molecule has 3 fully saturated rings. The van der Waals surface area contributed by atoms with Crippen molar-refractivity contribution >= 4 is 5.97 Å². The number of carboxylic acid groups (broad SMARTS) is 1. The van der Waals surface area contributed by atoms with Crippen molar-refractivity contribution in [2.45, 2.75) is 63.1 Å². The van der Waals surface area contributed by atoms with E-state index in [1.54, 1.807) is 0 Å². The Morgan fingerprint density at radius 3 is 2.36 bits per heavy atom. The highest BCUT2D eigenvalue weighted by molar-refractivity contribution is 5.77. The SMILES string of the molecule is CCC1(O)CC2(NCc3ccccc3)CCC1(C(=O)O)CC2. The lowest BCUT2D eigenvalue weighted by atomic mass is 9.49. The number of benzene rings is 1. The molecule has 0 saturated heterocycles. The van der Waals surface area contributed by atoms with Crippen molar-refractivity contribution in [3.63, 3.8) is 0 Å². The molecule has 0 aromatic heterocycles.